The van der Waals surface area contributed by atoms with Gasteiger partial charge in [0.25, 0.3) is 0 Å². The molecular weight excluding hydrogens is 310 g/mol. The molecule has 0 unspecified atom stereocenters. The highest BCUT2D eigenvalue weighted by molar-refractivity contribution is 6.17. The van der Waals surface area contributed by atoms with E-state index >= 15 is 0 Å². The zero-order chi connectivity index (χ0) is 15.5. The fraction of sp³-hybridized carbons (Fsp3) is 0.357. The first-order valence-electron chi connectivity index (χ1n) is 6.75. The third-order valence-corrected chi connectivity index (χ3v) is 3.65. The van der Waals surface area contributed by atoms with Gasteiger partial charge in [0.05, 0.1) is 13.2 Å². The number of hydrogen-bond donors (Lipinski definition) is 0. The van der Waals surface area contributed by atoms with Crippen molar-refractivity contribution in [3.05, 3.63) is 51.7 Å². The molecule has 7 nitrogen and oxygen atoms in total. The van der Waals surface area contributed by atoms with Gasteiger partial charge in [-0.15, -0.1) is 11.6 Å². The summed E-state index contributed by atoms with van der Waals surface area (Å²) in [7, 11) is 0. The highest BCUT2D eigenvalue weighted by Gasteiger charge is 2.28. The van der Waals surface area contributed by atoms with E-state index in [2.05, 4.69) is 4.98 Å². The molecular formula is C14H14ClN3O4. The van der Waals surface area contributed by atoms with Gasteiger partial charge >= 0.3 is 11.8 Å². The van der Waals surface area contributed by atoms with Crippen LogP contribution in [0.4, 0.5) is 5.82 Å². The van der Waals surface area contributed by atoms with Crippen LogP contribution in [0.3, 0.4) is 0 Å². The maximum atomic E-state index is 10.7. The quantitative estimate of drug-likeness (QED) is 0.480. The van der Waals surface area contributed by atoms with Crippen molar-refractivity contribution in [2.75, 3.05) is 6.61 Å². The summed E-state index contributed by atoms with van der Waals surface area (Å²) in [5.74, 6) is 0.244. The molecule has 0 aliphatic carbocycles. The maximum absolute atomic E-state index is 10.7. The summed E-state index contributed by atoms with van der Waals surface area (Å²) in [5.41, 5.74) is 2.07. The highest BCUT2D eigenvalue weighted by atomic mass is 35.5. The van der Waals surface area contributed by atoms with Crippen molar-refractivity contribution in [3.8, 4) is 6.01 Å². The van der Waals surface area contributed by atoms with Crippen LogP contribution in [0.25, 0.3) is 0 Å². The molecule has 0 saturated carbocycles. The predicted octanol–water partition coefficient (Wildman–Crippen LogP) is 2.51. The van der Waals surface area contributed by atoms with Crippen LogP contribution in [0.1, 0.15) is 11.1 Å². The molecule has 1 aromatic carbocycles. The van der Waals surface area contributed by atoms with Crippen molar-refractivity contribution in [1.82, 2.24) is 9.55 Å². The first-order valence-corrected chi connectivity index (χ1v) is 7.29. The van der Waals surface area contributed by atoms with Crippen molar-refractivity contribution in [2.24, 2.45) is 0 Å². The topological polar surface area (TPSA) is 79.4 Å². The van der Waals surface area contributed by atoms with E-state index in [1.165, 1.54) is 6.20 Å². The first kappa shape index (κ1) is 14.8. The maximum Gasteiger partial charge on any atom is 0.414 e. The number of rotatable bonds is 5. The van der Waals surface area contributed by atoms with Crippen molar-refractivity contribution in [3.63, 3.8) is 0 Å². The number of nitrogens with zero attached hydrogens (tertiary/aromatic N) is 3. The number of ether oxygens (including phenoxy) is 2. The van der Waals surface area contributed by atoms with E-state index in [-0.39, 0.29) is 17.9 Å². The van der Waals surface area contributed by atoms with E-state index in [0.29, 0.717) is 25.6 Å². The molecule has 8 heteroatoms. The molecule has 116 valence electrons. The lowest BCUT2D eigenvalue weighted by Gasteiger charge is -2.22. The lowest BCUT2D eigenvalue weighted by atomic mass is 10.1. The number of aromatic nitrogens is 2. The van der Waals surface area contributed by atoms with Gasteiger partial charge in [0.1, 0.15) is 18.9 Å². The van der Waals surface area contributed by atoms with Gasteiger partial charge in [-0.05, 0) is 16.1 Å². The predicted molar refractivity (Wildman–Crippen MR) is 79.0 cm³/mol. The zero-order valence-electron chi connectivity index (χ0n) is 11.6. The van der Waals surface area contributed by atoms with E-state index in [4.69, 9.17) is 21.1 Å². The van der Waals surface area contributed by atoms with Crippen LogP contribution in [0, 0.1) is 10.1 Å². The monoisotopic (exact) mass is 323 g/mol. The Hall–Kier alpha value is -2.12. The molecule has 0 radical (unpaired) electrons. The van der Waals surface area contributed by atoms with Gasteiger partial charge in [-0.25, -0.2) is 0 Å². The average molecular weight is 324 g/mol. The smallest absolute Gasteiger partial charge is 0.414 e. The number of benzene rings is 1. The fourth-order valence-electron chi connectivity index (χ4n) is 2.28. The normalized spacial score (nSPS) is 16.9. The molecule has 0 fully saturated rings. The average Bonchev–Trinajstić information content (AvgIpc) is 2.96. The highest BCUT2D eigenvalue weighted by Crippen LogP contribution is 2.22. The van der Waals surface area contributed by atoms with Gasteiger partial charge in [-0.3, -0.25) is 4.57 Å². The van der Waals surface area contributed by atoms with Crippen LogP contribution >= 0.6 is 11.6 Å². The minimum absolute atomic E-state index is 0.180. The summed E-state index contributed by atoms with van der Waals surface area (Å²) in [6.07, 6.45) is 1.18. The number of alkyl halides is 1. The Kier molecular flexibility index (Phi) is 4.26. The second kappa shape index (κ2) is 6.33. The van der Waals surface area contributed by atoms with Gasteiger partial charge in [0, 0.05) is 10.9 Å². The zero-order valence-corrected chi connectivity index (χ0v) is 12.4. The van der Waals surface area contributed by atoms with Crippen molar-refractivity contribution in [2.45, 2.75) is 25.1 Å². The lowest BCUT2D eigenvalue weighted by Crippen LogP contribution is -2.32. The molecule has 2 heterocycles. The van der Waals surface area contributed by atoms with Crippen molar-refractivity contribution >= 4 is 17.4 Å². The van der Waals surface area contributed by atoms with Crippen molar-refractivity contribution < 1.29 is 14.4 Å². The lowest BCUT2D eigenvalue weighted by molar-refractivity contribution is -0.389. The molecule has 0 bridgehead atoms. The van der Waals surface area contributed by atoms with Gasteiger partial charge in [0.15, 0.2) is 0 Å². The molecule has 22 heavy (non-hydrogen) atoms. The molecule has 2 aromatic rings. The Morgan fingerprint density at radius 2 is 2.32 bits per heavy atom. The van der Waals surface area contributed by atoms with Gasteiger partial charge < -0.3 is 19.6 Å². The second-order valence-corrected chi connectivity index (χ2v) is 5.26. The van der Waals surface area contributed by atoms with Crippen LogP contribution < -0.4 is 4.74 Å². The number of hydrogen-bond acceptors (Lipinski definition) is 5. The van der Waals surface area contributed by atoms with Gasteiger partial charge in [-0.1, -0.05) is 24.3 Å². The molecule has 1 aliphatic rings. The van der Waals surface area contributed by atoms with E-state index in [0.717, 1.165) is 11.1 Å². The second-order valence-electron chi connectivity index (χ2n) is 4.99. The van der Waals surface area contributed by atoms with Crippen molar-refractivity contribution in [1.29, 1.82) is 0 Å². The Morgan fingerprint density at radius 1 is 1.50 bits per heavy atom. The van der Waals surface area contributed by atoms with Crippen LogP contribution in [0.5, 0.6) is 6.01 Å². The summed E-state index contributed by atoms with van der Waals surface area (Å²) in [4.78, 5) is 14.0. The number of nitro groups is 1. The van der Waals surface area contributed by atoms with Gasteiger partial charge in [0.2, 0.25) is 0 Å². The number of imidazole rings is 1. The standard InChI is InChI=1S/C14H14ClN3O4/c15-5-10-2-1-3-11(4-10)8-21-12-6-17-7-13(18(19)20)16-14(17)22-9-12/h1-4,7,12H,5-6,8-9H2/t12-/m0/s1. The summed E-state index contributed by atoms with van der Waals surface area (Å²) in [5, 5.41) is 10.7. The van der Waals surface area contributed by atoms with E-state index in [1.54, 1.807) is 4.57 Å². The number of halogens is 1. The molecule has 1 atom stereocenters. The summed E-state index contributed by atoms with van der Waals surface area (Å²) in [6, 6.07) is 8.11. The molecule has 0 N–H and O–H groups in total. The molecule has 0 saturated heterocycles. The minimum atomic E-state index is -0.539. The van der Waals surface area contributed by atoms with Crippen LogP contribution in [0.2, 0.25) is 0 Å². The first-order chi connectivity index (χ1) is 10.7. The van der Waals surface area contributed by atoms with Crippen LogP contribution in [-0.4, -0.2) is 27.2 Å². The third-order valence-electron chi connectivity index (χ3n) is 3.34. The summed E-state index contributed by atoms with van der Waals surface area (Å²) in [6.45, 7) is 1.24. The summed E-state index contributed by atoms with van der Waals surface area (Å²) >= 11 is 5.81. The van der Waals surface area contributed by atoms with E-state index < -0.39 is 4.92 Å². The Bertz CT molecular complexity index is 688. The SMILES string of the molecule is O=[N+]([O-])c1cn2c(n1)OC[C@@H](OCc1cccc(CCl)c1)C2. The Balaban J connectivity index is 1.61. The van der Waals surface area contributed by atoms with E-state index in [1.807, 2.05) is 24.3 Å². The molecule has 1 aromatic heterocycles. The molecule has 1 aliphatic heterocycles. The molecule has 0 spiro atoms. The van der Waals surface area contributed by atoms with Crippen LogP contribution in [-0.2, 0) is 23.8 Å². The van der Waals surface area contributed by atoms with E-state index in [9.17, 15) is 10.1 Å². The molecule has 3 rings (SSSR count). The molecule has 0 amide bonds. The summed E-state index contributed by atoms with van der Waals surface area (Å²) < 4.78 is 12.8. The van der Waals surface area contributed by atoms with Crippen LogP contribution in [0.15, 0.2) is 30.5 Å². The Morgan fingerprint density at radius 3 is 3.09 bits per heavy atom. The number of fused-ring (bicyclic) bond motifs is 1. The third kappa shape index (κ3) is 3.20. The largest absolute Gasteiger partial charge is 0.443 e. The minimum Gasteiger partial charge on any atom is -0.443 e. The van der Waals surface area contributed by atoms with Gasteiger partial charge in [-0.2, -0.15) is 0 Å². The Labute approximate surface area is 131 Å². The fourth-order valence-corrected chi connectivity index (χ4v) is 2.44.